The summed E-state index contributed by atoms with van der Waals surface area (Å²) < 4.78 is 25.1. The molecule has 2 atom stereocenters. The van der Waals surface area contributed by atoms with Crippen LogP contribution in [0.25, 0.3) is 0 Å². The van der Waals surface area contributed by atoms with E-state index in [1.807, 2.05) is 19.9 Å². The lowest BCUT2D eigenvalue weighted by atomic mass is 10.0. The number of nitrogens with zero attached hydrogens (tertiary/aromatic N) is 1. The minimum absolute atomic E-state index is 0.0455. The van der Waals surface area contributed by atoms with Gasteiger partial charge < -0.3 is 5.11 Å². The van der Waals surface area contributed by atoms with E-state index in [-0.39, 0.29) is 24.6 Å². The standard InChI is InChI=1S/C10H20N2O3S/c1-3-9(2)10(13)8-12-16(14,15)7-5-4-6-11/h9-10,12-13H,3-5,7-8H2,1-2H3. The van der Waals surface area contributed by atoms with Gasteiger partial charge in [-0.1, -0.05) is 20.3 Å². The predicted molar refractivity (Wildman–Crippen MR) is 62.1 cm³/mol. The molecule has 0 aromatic carbocycles. The molecule has 0 fully saturated rings. The fraction of sp³-hybridized carbons (Fsp3) is 0.900. The summed E-state index contributed by atoms with van der Waals surface area (Å²) in [6.45, 7) is 3.86. The van der Waals surface area contributed by atoms with Crippen LogP contribution in [0.3, 0.4) is 0 Å². The first-order valence-electron chi connectivity index (χ1n) is 5.45. The number of hydrogen-bond acceptors (Lipinski definition) is 4. The van der Waals surface area contributed by atoms with Gasteiger partial charge in [-0.05, 0) is 12.3 Å². The molecule has 0 amide bonds. The second-order valence-electron chi connectivity index (χ2n) is 3.88. The summed E-state index contributed by atoms with van der Waals surface area (Å²) in [7, 11) is -3.35. The zero-order valence-corrected chi connectivity index (χ0v) is 10.6. The lowest BCUT2D eigenvalue weighted by Gasteiger charge is -2.17. The molecular formula is C10H20N2O3S. The van der Waals surface area contributed by atoms with E-state index < -0.39 is 16.1 Å². The predicted octanol–water partition coefficient (Wildman–Crippen LogP) is 0.617. The Balaban J connectivity index is 3.95. The summed E-state index contributed by atoms with van der Waals surface area (Å²) >= 11 is 0. The fourth-order valence-electron chi connectivity index (χ4n) is 1.10. The molecule has 0 bridgehead atoms. The molecule has 16 heavy (non-hydrogen) atoms. The molecule has 0 aliphatic heterocycles. The van der Waals surface area contributed by atoms with E-state index in [0.29, 0.717) is 6.42 Å². The Labute approximate surface area is 97.5 Å². The molecule has 0 spiro atoms. The van der Waals surface area contributed by atoms with Crippen LogP contribution in [0.4, 0.5) is 0 Å². The van der Waals surface area contributed by atoms with Crippen LogP contribution in [-0.2, 0) is 10.0 Å². The van der Waals surface area contributed by atoms with Gasteiger partial charge in [0.25, 0.3) is 0 Å². The van der Waals surface area contributed by atoms with Crippen molar-refractivity contribution in [2.45, 2.75) is 39.2 Å². The van der Waals surface area contributed by atoms with Crippen molar-refractivity contribution in [3.63, 3.8) is 0 Å². The maximum absolute atomic E-state index is 11.4. The molecule has 6 heteroatoms. The number of aliphatic hydroxyl groups is 1. The monoisotopic (exact) mass is 248 g/mol. The fourth-order valence-corrected chi connectivity index (χ4v) is 2.19. The molecule has 94 valence electrons. The number of nitrogens with one attached hydrogen (secondary N) is 1. The van der Waals surface area contributed by atoms with Crippen LogP contribution in [0.5, 0.6) is 0 Å². The van der Waals surface area contributed by atoms with E-state index in [2.05, 4.69) is 4.72 Å². The first kappa shape index (κ1) is 15.4. The highest BCUT2D eigenvalue weighted by molar-refractivity contribution is 7.89. The summed E-state index contributed by atoms with van der Waals surface area (Å²) in [6.07, 6.45) is 0.702. The van der Waals surface area contributed by atoms with Gasteiger partial charge in [-0.15, -0.1) is 0 Å². The van der Waals surface area contributed by atoms with E-state index in [1.165, 1.54) is 0 Å². The summed E-state index contributed by atoms with van der Waals surface area (Å²) in [5.74, 6) is 0.00940. The Morgan fingerprint density at radius 3 is 2.62 bits per heavy atom. The lowest BCUT2D eigenvalue weighted by molar-refractivity contribution is 0.118. The van der Waals surface area contributed by atoms with Crippen molar-refractivity contribution in [1.29, 1.82) is 5.26 Å². The zero-order valence-electron chi connectivity index (χ0n) is 9.81. The van der Waals surface area contributed by atoms with E-state index in [9.17, 15) is 13.5 Å². The average Bonchev–Trinajstić information content (AvgIpc) is 2.25. The zero-order chi connectivity index (χ0) is 12.6. The van der Waals surface area contributed by atoms with Crippen molar-refractivity contribution in [2.75, 3.05) is 12.3 Å². The van der Waals surface area contributed by atoms with Gasteiger partial charge in [-0.3, -0.25) is 0 Å². The average molecular weight is 248 g/mol. The molecular weight excluding hydrogens is 228 g/mol. The molecule has 0 rings (SSSR count). The Morgan fingerprint density at radius 2 is 2.12 bits per heavy atom. The van der Waals surface area contributed by atoms with Crippen LogP contribution in [-0.4, -0.2) is 31.9 Å². The topological polar surface area (TPSA) is 90.2 Å². The second kappa shape index (κ2) is 7.60. The van der Waals surface area contributed by atoms with E-state index in [4.69, 9.17) is 5.26 Å². The van der Waals surface area contributed by atoms with Crippen LogP contribution in [0.15, 0.2) is 0 Å². The van der Waals surface area contributed by atoms with Crippen molar-refractivity contribution in [1.82, 2.24) is 4.72 Å². The quantitative estimate of drug-likeness (QED) is 0.616. The van der Waals surface area contributed by atoms with E-state index >= 15 is 0 Å². The molecule has 0 aliphatic rings. The third kappa shape index (κ3) is 6.77. The van der Waals surface area contributed by atoms with Crippen LogP contribution < -0.4 is 4.72 Å². The van der Waals surface area contributed by atoms with Crippen molar-refractivity contribution in [3.8, 4) is 6.07 Å². The van der Waals surface area contributed by atoms with Gasteiger partial charge in [0.2, 0.25) is 10.0 Å². The number of unbranched alkanes of at least 4 members (excludes halogenated alkanes) is 1. The number of rotatable bonds is 8. The molecule has 0 aromatic rings. The van der Waals surface area contributed by atoms with Crippen LogP contribution in [0, 0.1) is 17.2 Å². The molecule has 0 saturated carbocycles. The molecule has 5 nitrogen and oxygen atoms in total. The Morgan fingerprint density at radius 1 is 1.50 bits per heavy atom. The van der Waals surface area contributed by atoms with Gasteiger partial charge >= 0.3 is 0 Å². The van der Waals surface area contributed by atoms with Crippen molar-refractivity contribution >= 4 is 10.0 Å². The van der Waals surface area contributed by atoms with Crippen molar-refractivity contribution < 1.29 is 13.5 Å². The maximum Gasteiger partial charge on any atom is 0.211 e. The van der Waals surface area contributed by atoms with Gasteiger partial charge in [-0.2, -0.15) is 5.26 Å². The van der Waals surface area contributed by atoms with Gasteiger partial charge in [0, 0.05) is 13.0 Å². The summed E-state index contributed by atoms with van der Waals surface area (Å²) in [4.78, 5) is 0. The van der Waals surface area contributed by atoms with E-state index in [0.717, 1.165) is 6.42 Å². The largest absolute Gasteiger partial charge is 0.391 e. The number of nitriles is 1. The smallest absolute Gasteiger partial charge is 0.211 e. The molecule has 0 aromatic heterocycles. The third-order valence-corrected chi connectivity index (χ3v) is 3.95. The minimum atomic E-state index is -3.35. The highest BCUT2D eigenvalue weighted by Gasteiger charge is 2.16. The minimum Gasteiger partial charge on any atom is -0.391 e. The van der Waals surface area contributed by atoms with Gasteiger partial charge in [-0.25, -0.2) is 13.1 Å². The van der Waals surface area contributed by atoms with E-state index in [1.54, 1.807) is 0 Å². The molecule has 0 aliphatic carbocycles. The summed E-state index contributed by atoms with van der Waals surface area (Å²) in [5, 5.41) is 17.9. The van der Waals surface area contributed by atoms with Crippen molar-refractivity contribution in [2.24, 2.45) is 5.92 Å². The molecule has 2 unspecified atom stereocenters. The Hall–Kier alpha value is -0.640. The SMILES string of the molecule is CCC(C)C(O)CNS(=O)(=O)CCCC#N. The molecule has 0 heterocycles. The van der Waals surface area contributed by atoms with Gasteiger partial charge in [0.05, 0.1) is 17.9 Å². The first-order valence-corrected chi connectivity index (χ1v) is 7.10. The molecule has 0 saturated heterocycles. The normalized spacial score (nSPS) is 15.4. The van der Waals surface area contributed by atoms with Crippen LogP contribution in [0.2, 0.25) is 0 Å². The Bertz CT molecular complexity index is 321. The van der Waals surface area contributed by atoms with Gasteiger partial charge in [0.15, 0.2) is 0 Å². The molecule has 0 radical (unpaired) electrons. The third-order valence-electron chi connectivity index (χ3n) is 2.51. The van der Waals surface area contributed by atoms with Crippen LogP contribution >= 0.6 is 0 Å². The number of hydrogen-bond donors (Lipinski definition) is 2. The maximum atomic E-state index is 11.4. The second-order valence-corrected chi connectivity index (χ2v) is 5.81. The first-order chi connectivity index (χ1) is 7.43. The number of aliphatic hydroxyl groups excluding tert-OH is 1. The summed E-state index contributed by atoms with van der Waals surface area (Å²) in [6, 6.07) is 1.89. The summed E-state index contributed by atoms with van der Waals surface area (Å²) in [5.41, 5.74) is 0. The number of sulfonamides is 1. The lowest BCUT2D eigenvalue weighted by Crippen LogP contribution is -2.36. The molecule has 2 N–H and O–H groups in total. The highest BCUT2D eigenvalue weighted by atomic mass is 32.2. The highest BCUT2D eigenvalue weighted by Crippen LogP contribution is 2.06. The van der Waals surface area contributed by atoms with Gasteiger partial charge in [0.1, 0.15) is 0 Å². The van der Waals surface area contributed by atoms with Crippen molar-refractivity contribution in [3.05, 3.63) is 0 Å². The van der Waals surface area contributed by atoms with Crippen LogP contribution in [0.1, 0.15) is 33.1 Å². The Kier molecular flexibility index (Phi) is 7.30.